The summed E-state index contributed by atoms with van der Waals surface area (Å²) < 4.78 is 6.94. The smallest absolute Gasteiger partial charge is 0.409 e. The summed E-state index contributed by atoms with van der Waals surface area (Å²) in [6.45, 7) is 8.35. The molecule has 1 aliphatic rings. The average Bonchev–Trinajstić information content (AvgIpc) is 2.84. The highest BCUT2D eigenvalue weighted by atomic mass is 16.5. The van der Waals surface area contributed by atoms with E-state index in [1.54, 1.807) is 4.90 Å². The molecule has 6 nitrogen and oxygen atoms in total. The molecular weight excluding hydrogens is 342 g/mol. The Hall–Kier alpha value is -2.76. The van der Waals surface area contributed by atoms with E-state index in [0.717, 1.165) is 29.1 Å². The van der Waals surface area contributed by atoms with E-state index >= 15 is 0 Å². The van der Waals surface area contributed by atoms with Gasteiger partial charge in [-0.25, -0.2) is 4.79 Å². The molecule has 0 N–H and O–H groups in total. The van der Waals surface area contributed by atoms with Gasteiger partial charge in [-0.05, 0) is 44.9 Å². The third-order valence-corrected chi connectivity index (χ3v) is 5.23. The zero-order chi connectivity index (χ0) is 19.6. The lowest BCUT2D eigenvalue weighted by molar-refractivity contribution is 0.0756. The SMILES string of the molecule is COC(=O)N1CCCN(C(=O)c2cc(C)n(-c3ccccc3C)c2C)CC1. The number of aromatic nitrogens is 1. The lowest BCUT2D eigenvalue weighted by Crippen LogP contribution is -2.37. The van der Waals surface area contributed by atoms with E-state index in [4.69, 9.17) is 4.74 Å². The topological polar surface area (TPSA) is 54.8 Å². The van der Waals surface area contributed by atoms with E-state index in [-0.39, 0.29) is 12.0 Å². The molecule has 0 radical (unpaired) electrons. The van der Waals surface area contributed by atoms with Crippen LogP contribution >= 0.6 is 0 Å². The standard InChI is InChI=1S/C21H27N3O3/c1-15-8-5-6-9-19(15)24-16(2)14-18(17(24)3)20(25)22-10-7-11-23(13-12-22)21(26)27-4/h5-6,8-9,14H,7,10-13H2,1-4H3. The third kappa shape index (κ3) is 3.70. The maximum absolute atomic E-state index is 13.2. The zero-order valence-corrected chi connectivity index (χ0v) is 16.5. The highest BCUT2D eigenvalue weighted by molar-refractivity contribution is 5.96. The number of aryl methyl sites for hydroxylation is 2. The number of rotatable bonds is 2. The van der Waals surface area contributed by atoms with Crippen LogP contribution in [0.15, 0.2) is 30.3 Å². The van der Waals surface area contributed by atoms with Crippen LogP contribution < -0.4 is 0 Å². The van der Waals surface area contributed by atoms with Crippen molar-refractivity contribution in [3.8, 4) is 5.69 Å². The predicted octanol–water partition coefficient (Wildman–Crippen LogP) is 3.32. The van der Waals surface area contributed by atoms with Crippen LogP contribution in [0.4, 0.5) is 4.79 Å². The summed E-state index contributed by atoms with van der Waals surface area (Å²) in [4.78, 5) is 28.4. The Labute approximate surface area is 160 Å². The lowest BCUT2D eigenvalue weighted by Gasteiger charge is -2.21. The normalized spacial score (nSPS) is 14.8. The molecule has 0 atom stereocenters. The molecule has 0 saturated carbocycles. The maximum atomic E-state index is 13.2. The number of ether oxygens (including phenoxy) is 1. The van der Waals surface area contributed by atoms with Gasteiger partial charge in [-0.2, -0.15) is 0 Å². The summed E-state index contributed by atoms with van der Waals surface area (Å²) in [6.07, 6.45) is 0.416. The quantitative estimate of drug-likeness (QED) is 0.816. The van der Waals surface area contributed by atoms with Crippen LogP contribution in [0.5, 0.6) is 0 Å². The first kappa shape index (κ1) is 19.0. The van der Waals surface area contributed by atoms with Crippen molar-refractivity contribution in [3.05, 3.63) is 52.8 Å². The van der Waals surface area contributed by atoms with Crippen LogP contribution in [-0.4, -0.2) is 59.7 Å². The lowest BCUT2D eigenvalue weighted by atomic mass is 10.2. The minimum Gasteiger partial charge on any atom is -0.453 e. The van der Waals surface area contributed by atoms with E-state index in [0.29, 0.717) is 26.2 Å². The number of hydrogen-bond donors (Lipinski definition) is 0. The van der Waals surface area contributed by atoms with Crippen LogP contribution in [0.1, 0.15) is 33.7 Å². The van der Waals surface area contributed by atoms with Crippen molar-refractivity contribution >= 4 is 12.0 Å². The largest absolute Gasteiger partial charge is 0.453 e. The van der Waals surface area contributed by atoms with E-state index in [2.05, 4.69) is 23.6 Å². The van der Waals surface area contributed by atoms with Crippen LogP contribution in [0.2, 0.25) is 0 Å². The molecule has 144 valence electrons. The van der Waals surface area contributed by atoms with E-state index in [1.165, 1.54) is 12.7 Å². The Balaban J connectivity index is 1.85. The Morgan fingerprint density at radius 3 is 2.33 bits per heavy atom. The molecule has 1 aliphatic heterocycles. The molecule has 1 aromatic heterocycles. The fourth-order valence-electron chi connectivity index (χ4n) is 3.77. The van der Waals surface area contributed by atoms with Crippen molar-refractivity contribution in [1.82, 2.24) is 14.4 Å². The Bertz CT molecular complexity index is 856. The van der Waals surface area contributed by atoms with Crippen LogP contribution in [0.3, 0.4) is 0 Å². The monoisotopic (exact) mass is 369 g/mol. The van der Waals surface area contributed by atoms with E-state index < -0.39 is 0 Å². The maximum Gasteiger partial charge on any atom is 0.409 e. The van der Waals surface area contributed by atoms with Crippen molar-refractivity contribution in [3.63, 3.8) is 0 Å². The molecular formula is C21H27N3O3. The van der Waals surface area contributed by atoms with Gasteiger partial charge in [0.1, 0.15) is 0 Å². The van der Waals surface area contributed by atoms with Gasteiger partial charge in [0, 0.05) is 43.3 Å². The second-order valence-electron chi connectivity index (χ2n) is 7.01. The second kappa shape index (κ2) is 7.86. The van der Waals surface area contributed by atoms with Gasteiger partial charge in [-0.1, -0.05) is 18.2 Å². The van der Waals surface area contributed by atoms with Gasteiger partial charge in [0.15, 0.2) is 0 Å². The molecule has 2 aromatic rings. The van der Waals surface area contributed by atoms with Crippen LogP contribution in [0, 0.1) is 20.8 Å². The highest BCUT2D eigenvalue weighted by Gasteiger charge is 2.26. The molecule has 1 aromatic carbocycles. The zero-order valence-electron chi connectivity index (χ0n) is 16.5. The van der Waals surface area contributed by atoms with Crippen molar-refractivity contribution in [2.75, 3.05) is 33.3 Å². The Morgan fingerprint density at radius 1 is 0.963 bits per heavy atom. The molecule has 2 amide bonds. The Kier molecular flexibility index (Phi) is 5.54. The number of benzene rings is 1. The summed E-state index contributed by atoms with van der Waals surface area (Å²) >= 11 is 0. The van der Waals surface area contributed by atoms with Gasteiger partial charge in [-0.3, -0.25) is 4.79 Å². The first-order valence-corrected chi connectivity index (χ1v) is 9.31. The Morgan fingerprint density at radius 2 is 1.63 bits per heavy atom. The van der Waals surface area contributed by atoms with E-state index in [1.807, 2.05) is 36.9 Å². The van der Waals surface area contributed by atoms with E-state index in [9.17, 15) is 9.59 Å². The number of methoxy groups -OCH3 is 1. The number of hydrogen-bond acceptors (Lipinski definition) is 3. The van der Waals surface area contributed by atoms with Gasteiger partial charge in [-0.15, -0.1) is 0 Å². The van der Waals surface area contributed by atoms with Crippen molar-refractivity contribution in [1.29, 1.82) is 0 Å². The van der Waals surface area contributed by atoms with Crippen molar-refractivity contribution < 1.29 is 14.3 Å². The molecule has 0 bridgehead atoms. The molecule has 3 rings (SSSR count). The van der Waals surface area contributed by atoms with Crippen LogP contribution in [-0.2, 0) is 4.74 Å². The van der Waals surface area contributed by atoms with Gasteiger partial charge >= 0.3 is 6.09 Å². The number of carbonyl (C=O) groups is 2. The minimum atomic E-state index is -0.331. The van der Waals surface area contributed by atoms with Gasteiger partial charge in [0.2, 0.25) is 0 Å². The van der Waals surface area contributed by atoms with Crippen LogP contribution in [0.25, 0.3) is 5.69 Å². The molecule has 0 spiro atoms. The molecule has 2 heterocycles. The minimum absolute atomic E-state index is 0.0228. The van der Waals surface area contributed by atoms with Gasteiger partial charge in [0.05, 0.1) is 12.7 Å². The fraction of sp³-hybridized carbons (Fsp3) is 0.429. The van der Waals surface area contributed by atoms with Crippen molar-refractivity contribution in [2.45, 2.75) is 27.2 Å². The predicted molar refractivity (Wildman–Crippen MR) is 104 cm³/mol. The summed E-state index contributed by atoms with van der Waals surface area (Å²) in [7, 11) is 1.39. The molecule has 1 fully saturated rings. The molecule has 6 heteroatoms. The first-order valence-electron chi connectivity index (χ1n) is 9.31. The third-order valence-electron chi connectivity index (χ3n) is 5.23. The molecule has 0 unspecified atom stereocenters. The van der Waals surface area contributed by atoms with Gasteiger partial charge in [0.25, 0.3) is 5.91 Å². The van der Waals surface area contributed by atoms with Crippen molar-refractivity contribution in [2.24, 2.45) is 0 Å². The summed E-state index contributed by atoms with van der Waals surface area (Å²) in [5.41, 5.74) is 4.97. The number of amides is 2. The number of nitrogens with zero attached hydrogens (tertiary/aromatic N) is 3. The summed E-state index contributed by atoms with van der Waals surface area (Å²) in [5.74, 6) is 0.0228. The molecule has 1 saturated heterocycles. The highest BCUT2D eigenvalue weighted by Crippen LogP contribution is 2.24. The van der Waals surface area contributed by atoms with Gasteiger partial charge < -0.3 is 19.1 Å². The molecule has 27 heavy (non-hydrogen) atoms. The number of carbonyl (C=O) groups excluding carboxylic acids is 2. The second-order valence-corrected chi connectivity index (χ2v) is 7.01. The summed E-state index contributed by atoms with van der Waals surface area (Å²) in [6, 6.07) is 10.1. The number of para-hydroxylation sites is 1. The fourth-order valence-corrected chi connectivity index (χ4v) is 3.77. The average molecular weight is 369 g/mol. The first-order chi connectivity index (χ1) is 12.9. The summed E-state index contributed by atoms with van der Waals surface area (Å²) in [5, 5.41) is 0. The molecule has 0 aliphatic carbocycles.